The maximum Gasteiger partial charge on any atom is 0.270 e. The molecule has 23 heavy (non-hydrogen) atoms. The zero-order valence-corrected chi connectivity index (χ0v) is 13.4. The largest absolute Gasteiger partial charge is 0.378 e. The van der Waals surface area contributed by atoms with E-state index in [9.17, 15) is 4.79 Å². The number of pyridine rings is 1. The molecule has 7 nitrogen and oxygen atoms in total. The predicted molar refractivity (Wildman–Crippen MR) is 86.4 cm³/mol. The third-order valence-electron chi connectivity index (χ3n) is 3.92. The van der Waals surface area contributed by atoms with Gasteiger partial charge in [0.05, 0.1) is 25.5 Å². The standard InChI is InChI=1S/C16H21N5O2/c1-12(13-10-18-20(2)11-13)19-16(22)15-9-14(3-4-17-15)21-5-7-23-8-6-21/h3-4,9-12H,5-8H2,1-2H3,(H,19,22)/t12-/m1/s1. The van der Waals surface area contributed by atoms with E-state index in [0.717, 1.165) is 24.3 Å². The van der Waals surface area contributed by atoms with Crippen LogP contribution in [0, 0.1) is 0 Å². The first-order valence-electron chi connectivity index (χ1n) is 7.71. The molecule has 0 radical (unpaired) electrons. The van der Waals surface area contributed by atoms with E-state index < -0.39 is 0 Å². The number of anilines is 1. The Bertz CT molecular complexity index is 679. The summed E-state index contributed by atoms with van der Waals surface area (Å²) < 4.78 is 7.08. The van der Waals surface area contributed by atoms with Gasteiger partial charge < -0.3 is 15.0 Å². The molecular formula is C16H21N5O2. The van der Waals surface area contributed by atoms with E-state index >= 15 is 0 Å². The van der Waals surface area contributed by atoms with Crippen molar-refractivity contribution in [1.82, 2.24) is 20.1 Å². The SMILES string of the molecule is C[C@@H](NC(=O)c1cc(N2CCOCC2)ccn1)c1cnn(C)c1. The van der Waals surface area contributed by atoms with Gasteiger partial charge in [-0.3, -0.25) is 14.5 Å². The van der Waals surface area contributed by atoms with Crippen LogP contribution in [0.3, 0.4) is 0 Å². The van der Waals surface area contributed by atoms with Crippen molar-refractivity contribution in [2.75, 3.05) is 31.2 Å². The number of carbonyl (C=O) groups excluding carboxylic acids is 1. The van der Waals surface area contributed by atoms with E-state index in [2.05, 4.69) is 20.3 Å². The zero-order valence-electron chi connectivity index (χ0n) is 13.4. The van der Waals surface area contributed by atoms with Crippen LogP contribution in [0.2, 0.25) is 0 Å². The number of hydrogen-bond donors (Lipinski definition) is 1. The van der Waals surface area contributed by atoms with Gasteiger partial charge in [0.15, 0.2) is 0 Å². The highest BCUT2D eigenvalue weighted by Crippen LogP contribution is 2.17. The Labute approximate surface area is 135 Å². The molecule has 1 aliphatic rings. The highest BCUT2D eigenvalue weighted by Gasteiger charge is 2.16. The lowest BCUT2D eigenvalue weighted by atomic mass is 10.2. The predicted octanol–water partition coefficient (Wildman–Crippen LogP) is 1.14. The number of carbonyl (C=O) groups is 1. The minimum Gasteiger partial charge on any atom is -0.378 e. The average Bonchev–Trinajstić information content (AvgIpc) is 3.02. The van der Waals surface area contributed by atoms with Crippen molar-refractivity contribution in [2.24, 2.45) is 7.05 Å². The maximum absolute atomic E-state index is 12.4. The first-order valence-corrected chi connectivity index (χ1v) is 7.71. The van der Waals surface area contributed by atoms with E-state index in [-0.39, 0.29) is 11.9 Å². The van der Waals surface area contributed by atoms with E-state index in [1.165, 1.54) is 0 Å². The summed E-state index contributed by atoms with van der Waals surface area (Å²) in [4.78, 5) is 18.8. The van der Waals surface area contributed by atoms with Gasteiger partial charge in [-0.15, -0.1) is 0 Å². The highest BCUT2D eigenvalue weighted by atomic mass is 16.5. The molecule has 7 heteroatoms. The lowest BCUT2D eigenvalue weighted by molar-refractivity contribution is 0.0935. The third-order valence-corrected chi connectivity index (χ3v) is 3.92. The molecule has 1 aliphatic heterocycles. The number of rotatable bonds is 4. The van der Waals surface area contributed by atoms with Gasteiger partial charge in [0.1, 0.15) is 5.69 Å². The number of morpholine rings is 1. The second kappa shape index (κ2) is 6.78. The van der Waals surface area contributed by atoms with Crippen molar-refractivity contribution in [1.29, 1.82) is 0 Å². The second-order valence-corrected chi connectivity index (χ2v) is 5.64. The molecule has 0 bridgehead atoms. The van der Waals surface area contributed by atoms with Crippen molar-refractivity contribution in [3.63, 3.8) is 0 Å². The third kappa shape index (κ3) is 3.68. The Kier molecular flexibility index (Phi) is 4.57. The second-order valence-electron chi connectivity index (χ2n) is 5.64. The zero-order chi connectivity index (χ0) is 16.2. The fourth-order valence-electron chi connectivity index (χ4n) is 2.58. The average molecular weight is 315 g/mol. The summed E-state index contributed by atoms with van der Waals surface area (Å²) in [5.74, 6) is -0.184. The topological polar surface area (TPSA) is 72.3 Å². The number of amides is 1. The Morgan fingerprint density at radius 1 is 1.39 bits per heavy atom. The monoisotopic (exact) mass is 315 g/mol. The van der Waals surface area contributed by atoms with Gasteiger partial charge in [-0.2, -0.15) is 5.10 Å². The summed E-state index contributed by atoms with van der Waals surface area (Å²) in [6.45, 7) is 5.01. The molecule has 2 aromatic heterocycles. The summed E-state index contributed by atoms with van der Waals surface area (Å²) in [5, 5.41) is 7.08. The van der Waals surface area contributed by atoms with Crippen molar-refractivity contribution in [3.8, 4) is 0 Å². The van der Waals surface area contributed by atoms with Crippen molar-refractivity contribution < 1.29 is 9.53 Å². The summed E-state index contributed by atoms with van der Waals surface area (Å²) in [5.41, 5.74) is 2.39. The first kappa shape index (κ1) is 15.5. The van der Waals surface area contributed by atoms with Gasteiger partial charge in [0, 0.05) is 43.8 Å². The molecule has 0 saturated carbocycles. The fraction of sp³-hybridized carbons (Fsp3) is 0.438. The Morgan fingerprint density at radius 2 is 2.17 bits per heavy atom. The number of aryl methyl sites for hydroxylation is 1. The molecule has 2 aromatic rings. The molecule has 0 unspecified atom stereocenters. The van der Waals surface area contributed by atoms with Gasteiger partial charge in [-0.05, 0) is 19.1 Å². The van der Waals surface area contributed by atoms with Gasteiger partial charge in [-0.25, -0.2) is 0 Å². The lowest BCUT2D eigenvalue weighted by Gasteiger charge is -2.28. The molecular weight excluding hydrogens is 294 g/mol. The Balaban J connectivity index is 1.69. The Hall–Kier alpha value is -2.41. The minimum absolute atomic E-state index is 0.120. The van der Waals surface area contributed by atoms with Crippen molar-refractivity contribution in [2.45, 2.75) is 13.0 Å². The van der Waals surface area contributed by atoms with Crippen LogP contribution in [0.25, 0.3) is 0 Å². The van der Waals surface area contributed by atoms with Crippen LogP contribution in [0.15, 0.2) is 30.7 Å². The van der Waals surface area contributed by atoms with Crippen LogP contribution in [-0.2, 0) is 11.8 Å². The van der Waals surface area contributed by atoms with E-state index in [4.69, 9.17) is 4.74 Å². The maximum atomic E-state index is 12.4. The molecule has 0 spiro atoms. The van der Waals surface area contributed by atoms with Crippen LogP contribution in [-0.4, -0.2) is 47.0 Å². The Morgan fingerprint density at radius 3 is 2.87 bits per heavy atom. The number of nitrogens with one attached hydrogen (secondary N) is 1. The van der Waals surface area contributed by atoms with Gasteiger partial charge in [-0.1, -0.05) is 0 Å². The number of aromatic nitrogens is 3. The normalized spacial score (nSPS) is 16.2. The molecule has 0 aromatic carbocycles. The molecule has 1 N–H and O–H groups in total. The van der Waals surface area contributed by atoms with Crippen LogP contribution >= 0.6 is 0 Å². The first-order chi connectivity index (χ1) is 11.1. The number of hydrogen-bond acceptors (Lipinski definition) is 5. The van der Waals surface area contributed by atoms with Crippen LogP contribution in [0.1, 0.15) is 29.0 Å². The van der Waals surface area contributed by atoms with Gasteiger partial charge in [0.2, 0.25) is 0 Å². The van der Waals surface area contributed by atoms with Crippen LogP contribution in [0.5, 0.6) is 0 Å². The van der Waals surface area contributed by atoms with E-state index in [1.54, 1.807) is 17.1 Å². The summed E-state index contributed by atoms with van der Waals surface area (Å²) in [6.07, 6.45) is 5.32. The van der Waals surface area contributed by atoms with Crippen molar-refractivity contribution in [3.05, 3.63) is 42.0 Å². The molecule has 1 saturated heterocycles. The molecule has 3 rings (SSSR count). The van der Waals surface area contributed by atoms with Crippen molar-refractivity contribution >= 4 is 11.6 Å². The molecule has 122 valence electrons. The van der Waals surface area contributed by atoms with E-state index in [0.29, 0.717) is 18.9 Å². The lowest BCUT2D eigenvalue weighted by Crippen LogP contribution is -2.36. The highest BCUT2D eigenvalue weighted by molar-refractivity contribution is 5.93. The number of nitrogens with zero attached hydrogens (tertiary/aromatic N) is 4. The molecule has 0 aliphatic carbocycles. The quantitative estimate of drug-likeness (QED) is 0.916. The molecule has 3 heterocycles. The van der Waals surface area contributed by atoms with Crippen LogP contribution in [0.4, 0.5) is 5.69 Å². The van der Waals surface area contributed by atoms with Gasteiger partial charge >= 0.3 is 0 Å². The minimum atomic E-state index is -0.184. The van der Waals surface area contributed by atoms with Crippen LogP contribution < -0.4 is 10.2 Å². The van der Waals surface area contributed by atoms with E-state index in [1.807, 2.05) is 32.3 Å². The van der Waals surface area contributed by atoms with Gasteiger partial charge in [0.25, 0.3) is 5.91 Å². The summed E-state index contributed by atoms with van der Waals surface area (Å²) >= 11 is 0. The number of ether oxygens (including phenoxy) is 1. The molecule has 1 amide bonds. The molecule has 1 fully saturated rings. The summed E-state index contributed by atoms with van der Waals surface area (Å²) in [7, 11) is 1.85. The summed E-state index contributed by atoms with van der Waals surface area (Å²) in [6, 6.07) is 3.63. The fourth-order valence-corrected chi connectivity index (χ4v) is 2.58. The smallest absolute Gasteiger partial charge is 0.270 e. The molecule has 1 atom stereocenters.